The van der Waals surface area contributed by atoms with Crippen molar-refractivity contribution in [1.82, 2.24) is 9.13 Å². The maximum atomic E-state index is 11.6. The van der Waals surface area contributed by atoms with Crippen LogP contribution in [0.1, 0.15) is 5.56 Å². The Morgan fingerprint density at radius 2 is 2.12 bits per heavy atom. The normalized spacial score (nSPS) is 10.6. The summed E-state index contributed by atoms with van der Waals surface area (Å²) in [6.45, 7) is 0.499. The predicted molar refractivity (Wildman–Crippen MR) is 67.3 cm³/mol. The molecule has 84 valence electrons. The minimum atomic E-state index is -0.0395. The Labute approximate surface area is 101 Å². The number of anilines is 1. The minimum absolute atomic E-state index is 0.0395. The molecule has 0 aliphatic heterocycles. The fraction of sp³-hybridized carbons (Fsp3) is 0.182. The highest BCUT2D eigenvalue weighted by Crippen LogP contribution is 2.18. The summed E-state index contributed by atoms with van der Waals surface area (Å²) < 4.78 is 4.10. The number of nitrogens with zero attached hydrogens (tertiary/aromatic N) is 2. The Hall–Kier alpha value is -1.49. The molecule has 0 fully saturated rings. The number of halogens is 1. The number of hydrogen-bond donors (Lipinski definition) is 1. The van der Waals surface area contributed by atoms with Crippen molar-refractivity contribution in [2.45, 2.75) is 6.54 Å². The van der Waals surface area contributed by atoms with Gasteiger partial charge in [0.25, 0.3) is 0 Å². The van der Waals surface area contributed by atoms with Crippen molar-refractivity contribution in [2.24, 2.45) is 7.05 Å². The first kappa shape index (κ1) is 11.0. The summed E-state index contributed by atoms with van der Waals surface area (Å²) in [5, 5.41) is 0. The highest BCUT2D eigenvalue weighted by Gasteiger charge is 2.04. The Morgan fingerprint density at radius 1 is 1.38 bits per heavy atom. The van der Waals surface area contributed by atoms with Crippen molar-refractivity contribution in [2.75, 3.05) is 5.73 Å². The molecule has 0 saturated heterocycles. The molecule has 0 unspecified atom stereocenters. The molecule has 2 N–H and O–H groups in total. The van der Waals surface area contributed by atoms with Crippen LogP contribution in [0.15, 0.2) is 39.9 Å². The van der Waals surface area contributed by atoms with E-state index in [9.17, 15) is 4.79 Å². The van der Waals surface area contributed by atoms with Crippen LogP contribution in [0.2, 0.25) is 0 Å². The fourth-order valence-corrected chi connectivity index (χ4v) is 1.90. The molecule has 0 spiro atoms. The van der Waals surface area contributed by atoms with Gasteiger partial charge in [-0.1, -0.05) is 22.0 Å². The van der Waals surface area contributed by atoms with Crippen LogP contribution in [0.25, 0.3) is 0 Å². The summed E-state index contributed by atoms with van der Waals surface area (Å²) in [5.41, 5.74) is 7.46. The van der Waals surface area contributed by atoms with E-state index in [4.69, 9.17) is 5.73 Å². The number of nitrogens with two attached hydrogens (primary N) is 1. The zero-order valence-electron chi connectivity index (χ0n) is 8.85. The van der Waals surface area contributed by atoms with E-state index >= 15 is 0 Å². The summed E-state index contributed by atoms with van der Waals surface area (Å²) in [7, 11) is 1.73. The standard InChI is InChI=1S/C11H12BrN3O/c1-14-4-5-15(11(14)16)7-8-2-3-9(12)6-10(8)13/h2-6H,7,13H2,1H3. The van der Waals surface area contributed by atoms with Crippen molar-refractivity contribution in [3.8, 4) is 0 Å². The number of aryl methyl sites for hydroxylation is 1. The molecule has 0 radical (unpaired) electrons. The molecule has 16 heavy (non-hydrogen) atoms. The lowest BCUT2D eigenvalue weighted by atomic mass is 10.2. The maximum Gasteiger partial charge on any atom is 0.328 e. The number of benzene rings is 1. The third kappa shape index (κ3) is 2.04. The number of aromatic nitrogens is 2. The van der Waals surface area contributed by atoms with E-state index in [1.807, 2.05) is 18.2 Å². The van der Waals surface area contributed by atoms with Crippen molar-refractivity contribution in [3.63, 3.8) is 0 Å². The van der Waals surface area contributed by atoms with Gasteiger partial charge in [-0.2, -0.15) is 0 Å². The van der Waals surface area contributed by atoms with Crippen LogP contribution in [-0.2, 0) is 13.6 Å². The second-order valence-electron chi connectivity index (χ2n) is 3.66. The molecule has 0 atom stereocenters. The Balaban J connectivity index is 2.34. The largest absolute Gasteiger partial charge is 0.398 e. The molecule has 2 aromatic rings. The van der Waals surface area contributed by atoms with Crippen molar-refractivity contribution in [3.05, 3.63) is 51.1 Å². The van der Waals surface area contributed by atoms with E-state index in [-0.39, 0.29) is 5.69 Å². The van der Waals surface area contributed by atoms with Gasteiger partial charge in [0.15, 0.2) is 0 Å². The van der Waals surface area contributed by atoms with E-state index in [1.165, 1.54) is 4.57 Å². The lowest BCUT2D eigenvalue weighted by molar-refractivity contribution is 0.719. The second kappa shape index (κ2) is 4.17. The van der Waals surface area contributed by atoms with Crippen LogP contribution in [0, 0.1) is 0 Å². The molecule has 0 amide bonds. The van der Waals surface area contributed by atoms with Gasteiger partial charge in [-0.25, -0.2) is 4.79 Å². The van der Waals surface area contributed by atoms with Crippen molar-refractivity contribution < 1.29 is 0 Å². The van der Waals surface area contributed by atoms with Gasteiger partial charge in [0, 0.05) is 29.6 Å². The van der Waals surface area contributed by atoms with Crippen LogP contribution >= 0.6 is 15.9 Å². The first-order valence-corrected chi connectivity index (χ1v) is 5.63. The van der Waals surface area contributed by atoms with E-state index in [0.717, 1.165) is 10.0 Å². The van der Waals surface area contributed by atoms with Gasteiger partial charge < -0.3 is 10.3 Å². The quantitative estimate of drug-likeness (QED) is 0.850. The van der Waals surface area contributed by atoms with Gasteiger partial charge >= 0.3 is 5.69 Å². The SMILES string of the molecule is Cn1ccn(Cc2ccc(Br)cc2N)c1=O. The maximum absolute atomic E-state index is 11.6. The van der Waals surface area contributed by atoms with Crippen LogP contribution in [-0.4, -0.2) is 9.13 Å². The van der Waals surface area contributed by atoms with Crippen molar-refractivity contribution >= 4 is 21.6 Å². The summed E-state index contributed by atoms with van der Waals surface area (Å²) in [6, 6.07) is 5.67. The van der Waals surface area contributed by atoms with Gasteiger partial charge in [0.05, 0.1) is 6.54 Å². The average Bonchev–Trinajstić information content (AvgIpc) is 2.54. The minimum Gasteiger partial charge on any atom is -0.398 e. The molecule has 1 heterocycles. The molecule has 1 aromatic carbocycles. The number of hydrogen-bond acceptors (Lipinski definition) is 2. The molecule has 5 heteroatoms. The van der Waals surface area contributed by atoms with E-state index in [1.54, 1.807) is 24.0 Å². The fourth-order valence-electron chi connectivity index (χ4n) is 1.52. The Kier molecular flexibility index (Phi) is 2.87. The highest BCUT2D eigenvalue weighted by molar-refractivity contribution is 9.10. The third-order valence-electron chi connectivity index (χ3n) is 2.47. The van der Waals surface area contributed by atoms with Crippen molar-refractivity contribution in [1.29, 1.82) is 0 Å². The smallest absolute Gasteiger partial charge is 0.328 e. The molecular formula is C11H12BrN3O. The van der Waals surface area contributed by atoms with E-state index < -0.39 is 0 Å². The van der Waals surface area contributed by atoms with Gasteiger partial charge in [0.2, 0.25) is 0 Å². The van der Waals surface area contributed by atoms with Crippen LogP contribution in [0.4, 0.5) is 5.69 Å². The predicted octanol–water partition coefficient (Wildman–Crippen LogP) is 1.58. The van der Waals surface area contributed by atoms with E-state index in [2.05, 4.69) is 15.9 Å². The molecule has 0 bridgehead atoms. The second-order valence-corrected chi connectivity index (χ2v) is 4.58. The summed E-state index contributed by atoms with van der Waals surface area (Å²) in [4.78, 5) is 11.6. The summed E-state index contributed by atoms with van der Waals surface area (Å²) >= 11 is 3.35. The topological polar surface area (TPSA) is 52.9 Å². The van der Waals surface area contributed by atoms with Crippen LogP contribution in [0.3, 0.4) is 0 Å². The Morgan fingerprint density at radius 3 is 2.69 bits per heavy atom. The number of nitrogen functional groups attached to an aromatic ring is 1. The average molecular weight is 282 g/mol. The number of rotatable bonds is 2. The lowest BCUT2D eigenvalue weighted by Crippen LogP contribution is -2.22. The van der Waals surface area contributed by atoms with Gasteiger partial charge in [-0.3, -0.25) is 4.57 Å². The monoisotopic (exact) mass is 281 g/mol. The molecule has 1 aromatic heterocycles. The van der Waals surface area contributed by atoms with E-state index in [0.29, 0.717) is 12.2 Å². The third-order valence-corrected chi connectivity index (χ3v) is 2.96. The zero-order chi connectivity index (χ0) is 11.7. The molecule has 4 nitrogen and oxygen atoms in total. The first-order chi connectivity index (χ1) is 7.58. The Bertz CT molecular complexity index is 571. The van der Waals surface area contributed by atoms with Gasteiger partial charge in [-0.15, -0.1) is 0 Å². The first-order valence-electron chi connectivity index (χ1n) is 4.83. The summed E-state index contributed by atoms with van der Waals surface area (Å²) in [5.74, 6) is 0. The lowest BCUT2D eigenvalue weighted by Gasteiger charge is -2.06. The summed E-state index contributed by atoms with van der Waals surface area (Å²) in [6.07, 6.45) is 3.49. The molecule has 2 rings (SSSR count). The molecular weight excluding hydrogens is 270 g/mol. The molecule has 0 saturated carbocycles. The molecule has 0 aliphatic rings. The molecule has 0 aliphatic carbocycles. The zero-order valence-corrected chi connectivity index (χ0v) is 10.4. The van der Waals surface area contributed by atoms with Crippen LogP contribution < -0.4 is 11.4 Å². The number of imidazole rings is 1. The van der Waals surface area contributed by atoms with Gasteiger partial charge in [0.1, 0.15) is 0 Å². The highest BCUT2D eigenvalue weighted by atomic mass is 79.9. The van der Waals surface area contributed by atoms with Gasteiger partial charge in [-0.05, 0) is 17.7 Å². The van der Waals surface area contributed by atoms with Crippen LogP contribution in [0.5, 0.6) is 0 Å².